The summed E-state index contributed by atoms with van der Waals surface area (Å²) in [6.45, 7) is 0. The van der Waals surface area contributed by atoms with E-state index in [-0.39, 0.29) is 11.5 Å². The summed E-state index contributed by atoms with van der Waals surface area (Å²) in [5, 5.41) is 14.0. The van der Waals surface area contributed by atoms with E-state index in [9.17, 15) is 14.5 Å². The van der Waals surface area contributed by atoms with Crippen molar-refractivity contribution in [2.45, 2.75) is 44.2 Å². The lowest BCUT2D eigenvalue weighted by Gasteiger charge is -2.53. The topological polar surface area (TPSA) is 64.4 Å². The molecule has 114 valence electrons. The molecule has 0 heterocycles. The second-order valence-corrected chi connectivity index (χ2v) is 5.99. The first-order valence-corrected chi connectivity index (χ1v) is 7.35. The van der Waals surface area contributed by atoms with Crippen LogP contribution >= 0.6 is 0 Å². The van der Waals surface area contributed by atoms with Crippen LogP contribution < -0.4 is 10.1 Å². The molecule has 21 heavy (non-hydrogen) atoms. The fourth-order valence-corrected chi connectivity index (χ4v) is 3.90. The van der Waals surface area contributed by atoms with E-state index in [0.717, 1.165) is 25.3 Å². The molecular formula is C15H19FN2O3. The van der Waals surface area contributed by atoms with E-state index < -0.39 is 16.4 Å². The summed E-state index contributed by atoms with van der Waals surface area (Å²) < 4.78 is 19.6. The Kier molecular flexibility index (Phi) is 3.57. The summed E-state index contributed by atoms with van der Waals surface area (Å²) >= 11 is 0. The molecule has 2 aliphatic carbocycles. The number of ether oxygens (including phenoxy) is 1. The Hall–Kier alpha value is -1.69. The van der Waals surface area contributed by atoms with E-state index in [1.165, 1.54) is 25.0 Å². The molecule has 1 spiro atoms. The minimum Gasteiger partial charge on any atom is -0.490 e. The molecule has 0 amide bonds. The van der Waals surface area contributed by atoms with Gasteiger partial charge in [-0.3, -0.25) is 10.1 Å². The maximum Gasteiger partial charge on any atom is 0.305 e. The van der Waals surface area contributed by atoms with Crippen LogP contribution in [0.25, 0.3) is 0 Å². The quantitative estimate of drug-likeness (QED) is 0.685. The van der Waals surface area contributed by atoms with Crippen LogP contribution in [-0.2, 0) is 0 Å². The number of nitrogens with zero attached hydrogens (tertiary/aromatic N) is 1. The van der Waals surface area contributed by atoms with Crippen LogP contribution in [0.3, 0.4) is 0 Å². The fraction of sp³-hybridized carbons (Fsp3) is 0.600. The van der Waals surface area contributed by atoms with Gasteiger partial charge in [0.1, 0.15) is 11.9 Å². The Bertz CT molecular complexity index is 558. The van der Waals surface area contributed by atoms with Gasteiger partial charge in [-0.1, -0.05) is 12.8 Å². The molecule has 1 aromatic carbocycles. The van der Waals surface area contributed by atoms with Crippen molar-refractivity contribution in [3.05, 3.63) is 34.1 Å². The monoisotopic (exact) mass is 294 g/mol. The molecule has 0 radical (unpaired) electrons. The Balaban J connectivity index is 1.75. The summed E-state index contributed by atoms with van der Waals surface area (Å²) in [4.78, 5) is 9.90. The van der Waals surface area contributed by atoms with Gasteiger partial charge in [0.2, 0.25) is 5.82 Å². The van der Waals surface area contributed by atoms with Crippen LogP contribution in [0.15, 0.2) is 18.2 Å². The van der Waals surface area contributed by atoms with E-state index >= 15 is 0 Å². The zero-order chi connectivity index (χ0) is 15.0. The summed E-state index contributed by atoms with van der Waals surface area (Å²) in [5.74, 6) is -0.466. The molecule has 1 aromatic rings. The highest BCUT2D eigenvalue weighted by Gasteiger charge is 2.57. The Morgan fingerprint density at radius 2 is 2.14 bits per heavy atom. The fourth-order valence-electron chi connectivity index (χ4n) is 3.90. The molecule has 2 unspecified atom stereocenters. The number of benzene rings is 1. The van der Waals surface area contributed by atoms with E-state index in [1.807, 2.05) is 7.05 Å². The van der Waals surface area contributed by atoms with Crippen molar-refractivity contribution in [3.8, 4) is 5.75 Å². The second-order valence-electron chi connectivity index (χ2n) is 5.99. The smallest absolute Gasteiger partial charge is 0.305 e. The van der Waals surface area contributed by atoms with Crippen molar-refractivity contribution in [2.24, 2.45) is 5.41 Å². The van der Waals surface area contributed by atoms with E-state index in [2.05, 4.69) is 5.32 Å². The van der Waals surface area contributed by atoms with Crippen LogP contribution in [-0.4, -0.2) is 24.1 Å². The maximum absolute atomic E-state index is 13.7. The van der Waals surface area contributed by atoms with Crippen LogP contribution in [0.2, 0.25) is 0 Å². The van der Waals surface area contributed by atoms with Gasteiger partial charge in [0.25, 0.3) is 0 Å². The average Bonchev–Trinajstić information content (AvgIpc) is 2.95. The number of hydrogen-bond donors (Lipinski definition) is 1. The average molecular weight is 294 g/mol. The first-order chi connectivity index (χ1) is 10.1. The van der Waals surface area contributed by atoms with Gasteiger partial charge in [0.15, 0.2) is 0 Å². The van der Waals surface area contributed by atoms with Crippen LogP contribution in [0, 0.1) is 21.3 Å². The summed E-state index contributed by atoms with van der Waals surface area (Å²) in [6, 6.07) is 4.22. The molecule has 0 bridgehead atoms. The molecule has 3 rings (SSSR count). The van der Waals surface area contributed by atoms with E-state index in [4.69, 9.17) is 4.74 Å². The third kappa shape index (κ3) is 2.27. The molecule has 1 N–H and O–H groups in total. The van der Waals surface area contributed by atoms with Crippen molar-refractivity contribution in [1.82, 2.24) is 5.32 Å². The first kappa shape index (κ1) is 14.3. The van der Waals surface area contributed by atoms with Crippen LogP contribution in [0.1, 0.15) is 32.1 Å². The van der Waals surface area contributed by atoms with E-state index in [1.54, 1.807) is 0 Å². The standard InChI is InChI=1S/C15H19FN2O3/c1-17-13-9-14(15(13)6-2-3-7-15)21-10-4-5-12(18(19)20)11(16)8-10/h4-5,8,13-14,17H,2-3,6-7,9H2,1H3. The van der Waals surface area contributed by atoms with Gasteiger partial charge in [-0.25, -0.2) is 0 Å². The minimum absolute atomic E-state index is 0.0679. The van der Waals surface area contributed by atoms with Gasteiger partial charge in [-0.2, -0.15) is 4.39 Å². The Labute approximate surface area is 122 Å². The zero-order valence-electron chi connectivity index (χ0n) is 12.0. The minimum atomic E-state index is -0.845. The molecule has 0 aliphatic heterocycles. The summed E-state index contributed by atoms with van der Waals surface area (Å²) in [7, 11) is 1.96. The lowest BCUT2D eigenvalue weighted by molar-refractivity contribution is -0.387. The van der Waals surface area contributed by atoms with Gasteiger partial charge in [0, 0.05) is 30.0 Å². The Morgan fingerprint density at radius 1 is 1.43 bits per heavy atom. The molecule has 0 saturated heterocycles. The van der Waals surface area contributed by atoms with Crippen molar-refractivity contribution in [2.75, 3.05) is 7.05 Å². The van der Waals surface area contributed by atoms with Crippen LogP contribution in [0.5, 0.6) is 5.75 Å². The predicted molar refractivity (Wildman–Crippen MR) is 75.8 cm³/mol. The maximum atomic E-state index is 13.7. The highest BCUT2D eigenvalue weighted by Crippen LogP contribution is 2.54. The second kappa shape index (κ2) is 5.26. The SMILES string of the molecule is CNC1CC(Oc2ccc([N+](=O)[O-])c(F)c2)C12CCCC2. The van der Waals surface area contributed by atoms with Crippen molar-refractivity contribution in [3.63, 3.8) is 0 Å². The number of halogens is 1. The third-order valence-electron chi connectivity index (χ3n) is 5.06. The molecule has 2 aliphatic rings. The number of nitro benzene ring substituents is 1. The number of rotatable bonds is 4. The lowest BCUT2D eigenvalue weighted by atomic mass is 9.60. The molecule has 5 nitrogen and oxygen atoms in total. The molecule has 2 fully saturated rings. The molecule has 2 saturated carbocycles. The molecule has 6 heteroatoms. The zero-order valence-corrected chi connectivity index (χ0v) is 12.0. The first-order valence-electron chi connectivity index (χ1n) is 7.35. The van der Waals surface area contributed by atoms with E-state index in [0.29, 0.717) is 11.8 Å². The predicted octanol–water partition coefficient (Wildman–Crippen LogP) is 3.03. The van der Waals surface area contributed by atoms with Crippen molar-refractivity contribution in [1.29, 1.82) is 0 Å². The number of hydrogen-bond acceptors (Lipinski definition) is 4. The number of nitro groups is 1. The van der Waals surface area contributed by atoms with Crippen molar-refractivity contribution < 1.29 is 14.1 Å². The Morgan fingerprint density at radius 3 is 2.71 bits per heavy atom. The van der Waals surface area contributed by atoms with Gasteiger partial charge >= 0.3 is 5.69 Å². The summed E-state index contributed by atoms with van der Waals surface area (Å²) in [6.07, 6.45) is 5.62. The highest BCUT2D eigenvalue weighted by atomic mass is 19.1. The van der Waals surface area contributed by atoms with Gasteiger partial charge in [-0.05, 0) is 26.0 Å². The molecule has 2 atom stereocenters. The highest BCUT2D eigenvalue weighted by molar-refractivity contribution is 5.38. The largest absolute Gasteiger partial charge is 0.490 e. The molecular weight excluding hydrogens is 275 g/mol. The van der Waals surface area contributed by atoms with Gasteiger partial charge in [0.05, 0.1) is 4.92 Å². The van der Waals surface area contributed by atoms with Crippen molar-refractivity contribution >= 4 is 5.69 Å². The third-order valence-corrected chi connectivity index (χ3v) is 5.06. The van der Waals surface area contributed by atoms with Crippen LogP contribution in [0.4, 0.5) is 10.1 Å². The normalized spacial score (nSPS) is 26.6. The van der Waals surface area contributed by atoms with Gasteiger partial charge in [-0.15, -0.1) is 0 Å². The van der Waals surface area contributed by atoms with Gasteiger partial charge < -0.3 is 10.1 Å². The summed E-state index contributed by atoms with van der Waals surface area (Å²) in [5.41, 5.74) is -0.368. The molecule has 0 aromatic heterocycles. The lowest BCUT2D eigenvalue weighted by Crippen LogP contribution is -2.63. The number of nitrogens with one attached hydrogen (secondary N) is 1.